The first kappa shape index (κ1) is 16.8. The van der Waals surface area contributed by atoms with Gasteiger partial charge in [-0.05, 0) is 70.8 Å². The highest BCUT2D eigenvalue weighted by Gasteiger charge is 2.30. The van der Waals surface area contributed by atoms with Crippen molar-refractivity contribution in [3.8, 4) is 0 Å². The van der Waals surface area contributed by atoms with E-state index in [0.717, 1.165) is 17.8 Å². The van der Waals surface area contributed by atoms with Crippen LogP contribution in [0.15, 0.2) is 12.7 Å². The van der Waals surface area contributed by atoms with Crippen LogP contribution in [-0.2, 0) is 0 Å². The first-order valence-corrected chi connectivity index (χ1v) is 8.32. The molecule has 1 nitrogen and oxygen atoms in total. The van der Waals surface area contributed by atoms with Gasteiger partial charge in [-0.2, -0.15) is 0 Å². The molecule has 3 unspecified atom stereocenters. The van der Waals surface area contributed by atoms with Crippen LogP contribution < -0.4 is 5.32 Å². The molecule has 1 fully saturated rings. The molecule has 0 aromatic rings. The standard InChI is InChI=1S/C18H35N/c1-6-8-10-16-13-15(9-7-2)11-12-17(16)14-19-18(3,4)5/h6,15-17,19H,1,7-14H2,2-5H3. The van der Waals surface area contributed by atoms with Crippen LogP contribution in [0.4, 0.5) is 0 Å². The molecule has 0 aliphatic heterocycles. The van der Waals surface area contributed by atoms with Gasteiger partial charge in [0.1, 0.15) is 0 Å². The molecule has 1 saturated carbocycles. The second-order valence-corrected chi connectivity index (χ2v) is 7.48. The Hall–Kier alpha value is -0.300. The van der Waals surface area contributed by atoms with Crippen LogP contribution in [0.25, 0.3) is 0 Å². The molecular weight excluding hydrogens is 230 g/mol. The fraction of sp³-hybridized carbons (Fsp3) is 0.889. The molecule has 0 radical (unpaired) electrons. The quantitative estimate of drug-likeness (QED) is 0.626. The van der Waals surface area contributed by atoms with E-state index in [4.69, 9.17) is 0 Å². The second-order valence-electron chi connectivity index (χ2n) is 7.48. The number of allylic oxidation sites excluding steroid dienone is 1. The molecular formula is C18H35N. The smallest absolute Gasteiger partial charge is 0.00966 e. The summed E-state index contributed by atoms with van der Waals surface area (Å²) in [5.74, 6) is 2.79. The van der Waals surface area contributed by atoms with Crippen LogP contribution in [0.2, 0.25) is 0 Å². The van der Waals surface area contributed by atoms with Gasteiger partial charge in [0.2, 0.25) is 0 Å². The SMILES string of the molecule is C=CCCC1CC(CCC)CCC1CNC(C)(C)C. The summed E-state index contributed by atoms with van der Waals surface area (Å²) in [6, 6.07) is 0. The van der Waals surface area contributed by atoms with Crippen LogP contribution >= 0.6 is 0 Å². The zero-order valence-corrected chi connectivity index (χ0v) is 13.7. The summed E-state index contributed by atoms with van der Waals surface area (Å²) >= 11 is 0. The van der Waals surface area contributed by atoms with Crippen molar-refractivity contribution in [3.63, 3.8) is 0 Å². The molecule has 1 heteroatoms. The lowest BCUT2D eigenvalue weighted by atomic mass is 9.71. The number of nitrogens with one attached hydrogen (secondary N) is 1. The highest BCUT2D eigenvalue weighted by atomic mass is 14.9. The Labute approximate surface area is 121 Å². The summed E-state index contributed by atoms with van der Waals surface area (Å²) in [7, 11) is 0. The van der Waals surface area contributed by atoms with E-state index < -0.39 is 0 Å². The Morgan fingerprint density at radius 2 is 1.89 bits per heavy atom. The summed E-state index contributed by atoms with van der Waals surface area (Å²) in [5.41, 5.74) is 0.253. The third kappa shape index (κ3) is 6.61. The van der Waals surface area contributed by atoms with Gasteiger partial charge in [0.25, 0.3) is 0 Å². The van der Waals surface area contributed by atoms with Gasteiger partial charge in [-0.15, -0.1) is 6.58 Å². The van der Waals surface area contributed by atoms with Crippen LogP contribution in [0, 0.1) is 17.8 Å². The molecule has 0 heterocycles. The Bertz CT molecular complexity index is 251. The zero-order chi connectivity index (χ0) is 14.3. The number of rotatable bonds is 7. The van der Waals surface area contributed by atoms with Gasteiger partial charge in [0.15, 0.2) is 0 Å². The van der Waals surface area contributed by atoms with Crippen molar-refractivity contribution in [2.75, 3.05) is 6.54 Å². The van der Waals surface area contributed by atoms with Gasteiger partial charge in [-0.3, -0.25) is 0 Å². The molecule has 0 aromatic heterocycles. The Morgan fingerprint density at radius 1 is 1.16 bits per heavy atom. The molecule has 19 heavy (non-hydrogen) atoms. The molecule has 0 spiro atoms. The Kier molecular flexibility index (Phi) is 7.13. The minimum Gasteiger partial charge on any atom is -0.312 e. The van der Waals surface area contributed by atoms with Crippen molar-refractivity contribution in [1.29, 1.82) is 0 Å². The summed E-state index contributed by atoms with van der Waals surface area (Å²) in [6.45, 7) is 14.2. The predicted octanol–water partition coefficient (Wildman–Crippen LogP) is 5.17. The van der Waals surface area contributed by atoms with E-state index in [9.17, 15) is 0 Å². The fourth-order valence-corrected chi connectivity index (χ4v) is 3.49. The maximum Gasteiger partial charge on any atom is 0.00966 e. The van der Waals surface area contributed by atoms with E-state index >= 15 is 0 Å². The van der Waals surface area contributed by atoms with Crippen LogP contribution in [0.1, 0.15) is 72.6 Å². The lowest BCUT2D eigenvalue weighted by Crippen LogP contribution is -2.42. The maximum atomic E-state index is 3.90. The first-order chi connectivity index (χ1) is 8.96. The van der Waals surface area contributed by atoms with Gasteiger partial charge in [-0.1, -0.05) is 32.3 Å². The molecule has 3 atom stereocenters. The number of hydrogen-bond donors (Lipinski definition) is 1. The normalized spacial score (nSPS) is 28.3. The third-order valence-electron chi connectivity index (χ3n) is 4.58. The molecule has 0 aromatic carbocycles. The van der Waals surface area contributed by atoms with Gasteiger partial charge in [0, 0.05) is 5.54 Å². The Balaban J connectivity index is 2.49. The van der Waals surface area contributed by atoms with Gasteiger partial charge >= 0.3 is 0 Å². The summed E-state index contributed by atoms with van der Waals surface area (Å²) in [6.07, 6.45) is 11.8. The molecule has 1 aliphatic carbocycles. The zero-order valence-electron chi connectivity index (χ0n) is 13.7. The predicted molar refractivity (Wildman–Crippen MR) is 86.4 cm³/mol. The highest BCUT2D eigenvalue weighted by molar-refractivity contribution is 4.85. The van der Waals surface area contributed by atoms with E-state index in [-0.39, 0.29) is 5.54 Å². The van der Waals surface area contributed by atoms with Crippen molar-refractivity contribution in [3.05, 3.63) is 12.7 Å². The summed E-state index contributed by atoms with van der Waals surface area (Å²) in [5, 5.41) is 3.72. The molecule has 1 aliphatic rings. The highest BCUT2D eigenvalue weighted by Crippen LogP contribution is 2.38. The van der Waals surface area contributed by atoms with Crippen molar-refractivity contribution in [1.82, 2.24) is 5.32 Å². The lowest BCUT2D eigenvalue weighted by Gasteiger charge is -2.38. The van der Waals surface area contributed by atoms with Gasteiger partial charge in [0.05, 0.1) is 0 Å². The van der Waals surface area contributed by atoms with E-state index in [0.29, 0.717) is 0 Å². The third-order valence-corrected chi connectivity index (χ3v) is 4.58. The van der Waals surface area contributed by atoms with Crippen molar-refractivity contribution >= 4 is 0 Å². The van der Waals surface area contributed by atoms with Crippen LogP contribution in [-0.4, -0.2) is 12.1 Å². The molecule has 1 rings (SSSR count). The first-order valence-electron chi connectivity index (χ1n) is 8.32. The topological polar surface area (TPSA) is 12.0 Å². The monoisotopic (exact) mass is 265 g/mol. The Morgan fingerprint density at radius 3 is 2.47 bits per heavy atom. The largest absolute Gasteiger partial charge is 0.312 e. The van der Waals surface area contributed by atoms with E-state index in [1.807, 2.05) is 0 Å². The average Bonchev–Trinajstić information content (AvgIpc) is 2.34. The minimum atomic E-state index is 0.253. The van der Waals surface area contributed by atoms with E-state index in [1.165, 1.54) is 51.5 Å². The molecule has 1 N–H and O–H groups in total. The van der Waals surface area contributed by atoms with Crippen molar-refractivity contribution in [2.24, 2.45) is 17.8 Å². The van der Waals surface area contributed by atoms with Crippen LogP contribution in [0.3, 0.4) is 0 Å². The lowest BCUT2D eigenvalue weighted by molar-refractivity contribution is 0.153. The van der Waals surface area contributed by atoms with E-state index in [1.54, 1.807) is 0 Å². The number of hydrogen-bond acceptors (Lipinski definition) is 1. The summed E-state index contributed by atoms with van der Waals surface area (Å²) < 4.78 is 0. The van der Waals surface area contributed by atoms with Crippen molar-refractivity contribution in [2.45, 2.75) is 78.2 Å². The second kappa shape index (κ2) is 8.09. The fourth-order valence-electron chi connectivity index (χ4n) is 3.49. The van der Waals surface area contributed by atoms with Gasteiger partial charge < -0.3 is 5.32 Å². The summed E-state index contributed by atoms with van der Waals surface area (Å²) in [4.78, 5) is 0. The molecule has 112 valence electrons. The molecule has 0 amide bonds. The maximum absolute atomic E-state index is 3.90. The molecule has 0 bridgehead atoms. The van der Waals surface area contributed by atoms with E-state index in [2.05, 4.69) is 45.7 Å². The van der Waals surface area contributed by atoms with Crippen LogP contribution in [0.5, 0.6) is 0 Å². The van der Waals surface area contributed by atoms with Gasteiger partial charge in [-0.25, -0.2) is 0 Å². The minimum absolute atomic E-state index is 0.253. The van der Waals surface area contributed by atoms with Crippen molar-refractivity contribution < 1.29 is 0 Å². The molecule has 0 saturated heterocycles. The average molecular weight is 265 g/mol.